The number of ether oxygens (including phenoxy) is 2. The monoisotopic (exact) mass is 938 g/mol. The van der Waals surface area contributed by atoms with Crippen molar-refractivity contribution in [3.63, 3.8) is 0 Å². The lowest BCUT2D eigenvalue weighted by Crippen LogP contribution is -2.48. The van der Waals surface area contributed by atoms with Gasteiger partial charge in [-0.1, -0.05) is 11.2 Å². The van der Waals surface area contributed by atoms with Crippen LogP contribution in [0.4, 0.5) is 17.2 Å². The van der Waals surface area contributed by atoms with Gasteiger partial charge in [0.05, 0.1) is 18.8 Å². The Kier molecular flexibility index (Phi) is 14.4. The molecule has 24 heteroatoms. The molecule has 0 aliphatic carbocycles. The second-order valence-electron chi connectivity index (χ2n) is 16.7. The van der Waals surface area contributed by atoms with Crippen molar-refractivity contribution < 1.29 is 61.3 Å². The number of hydrogen-bond acceptors (Lipinski definition) is 17. The van der Waals surface area contributed by atoms with Gasteiger partial charge in [0.1, 0.15) is 36.2 Å². The molecule has 6 N–H and O–H groups in total. The zero-order valence-corrected chi connectivity index (χ0v) is 38.2. The average molecular weight is 939 g/mol. The van der Waals surface area contributed by atoms with Gasteiger partial charge in [0.2, 0.25) is 11.3 Å². The normalized spacial score (nSPS) is 22.0. The summed E-state index contributed by atoms with van der Waals surface area (Å²) in [6.45, 7) is 11.9. The van der Waals surface area contributed by atoms with Gasteiger partial charge in [0, 0.05) is 72.3 Å². The molecule has 2 aromatic carbocycles. The predicted octanol–water partition coefficient (Wildman–Crippen LogP) is 2.13. The summed E-state index contributed by atoms with van der Waals surface area (Å²) in [5.74, 6) is 2.21. The summed E-state index contributed by atoms with van der Waals surface area (Å²) in [6, 6.07) is 10.2. The molecule has 0 spiro atoms. The first kappa shape index (κ1) is 47.4. The Morgan fingerprint density at radius 2 is 1.92 bits per heavy atom. The van der Waals surface area contributed by atoms with Gasteiger partial charge in [-0.2, -0.15) is 19.7 Å². The highest BCUT2D eigenvalue weighted by Crippen LogP contribution is 2.69. The second-order valence-corrected chi connectivity index (χ2v) is 21.1. The minimum Gasteiger partial charge on any atom is -0.603 e. The molecule has 1 aromatic heterocycles. The second kappa shape index (κ2) is 19.1. The Hall–Kier alpha value is -3.52. The Morgan fingerprint density at radius 3 is 2.67 bits per heavy atom. The molecule has 4 aliphatic rings. The van der Waals surface area contributed by atoms with Gasteiger partial charge in [-0.3, -0.25) is 13.9 Å². The Bertz CT molecular complexity index is 2430. The van der Waals surface area contributed by atoms with Gasteiger partial charge in [0.15, 0.2) is 11.5 Å². The summed E-state index contributed by atoms with van der Waals surface area (Å²) >= 11 is 0. The Labute approximate surface area is 364 Å². The van der Waals surface area contributed by atoms with Crippen LogP contribution in [0.1, 0.15) is 95.9 Å². The highest BCUT2D eigenvalue weighted by molar-refractivity contribution is 7.70. The lowest BCUT2D eigenvalue weighted by Gasteiger charge is -2.47. The topological polar surface area (TPSA) is 285 Å². The molecule has 21 nitrogen and oxygen atoms in total. The number of fused-ring (bicyclic) bond motifs is 4. The quantitative estimate of drug-likeness (QED) is 0.0473. The van der Waals surface area contributed by atoms with Gasteiger partial charge in [0.25, 0.3) is 0 Å². The molecule has 3 unspecified atom stereocenters. The van der Waals surface area contributed by atoms with Crippen molar-refractivity contribution >= 4 is 47.3 Å². The number of aryl methyl sites for hydroxylation is 1. The van der Waals surface area contributed by atoms with Crippen LogP contribution in [0.15, 0.2) is 46.3 Å². The number of phosphoric acid groups is 3. The van der Waals surface area contributed by atoms with Crippen LogP contribution in [0.25, 0.3) is 0 Å². The summed E-state index contributed by atoms with van der Waals surface area (Å²) in [7, 11) is -16.5. The first-order valence-corrected chi connectivity index (χ1v) is 25.5. The molecule has 344 valence electrons. The van der Waals surface area contributed by atoms with Crippen molar-refractivity contribution in [2.45, 2.75) is 103 Å². The number of amides is 1. The molecular weight excluding hydrogens is 883 g/mol. The molecule has 5 heterocycles. The number of hydrogen-bond donors (Lipinski definition) is 6. The summed E-state index contributed by atoms with van der Waals surface area (Å²) in [5.41, 5.74) is 4.06. The number of aromatic nitrogens is 2. The van der Waals surface area contributed by atoms with Crippen molar-refractivity contribution in [2.75, 3.05) is 49.5 Å². The van der Waals surface area contributed by atoms with E-state index in [4.69, 9.17) is 24.3 Å². The van der Waals surface area contributed by atoms with Gasteiger partial charge >= 0.3 is 29.9 Å². The fourth-order valence-corrected chi connectivity index (χ4v) is 11.9. The summed E-state index contributed by atoms with van der Waals surface area (Å²) < 4.78 is 39.8. The standard InChI is InChI=1S/C39H54N7O14P3/c1-5-46-32-22-34-30(20-28(32)25(2)23-39(46,3)4)42-29-19-26-9-6-16-44(31(26)21-33(29)58-34)17-7-10-36(47)41-15-8-14-40-35-13-18-45(38(48)43-35)37-12-11-27(57-37)24-56-62(52,53)60-63(54,55)59-61(49,50)51/h13,18-22,25,27,37H,5-12,14-17,23-24H2,1-4H3,(H5-,40,41,43,47,48,49,50,51,52,53,54,55)/p+1/t25?,27-,37+/m0/s1. The number of nitrogens with zero attached hydrogens (tertiary/aromatic N) is 5. The van der Waals surface area contributed by atoms with Crippen LogP contribution in [-0.2, 0) is 33.7 Å². The lowest BCUT2D eigenvalue weighted by atomic mass is 9.80. The smallest absolute Gasteiger partial charge is 0.511 e. The van der Waals surface area contributed by atoms with E-state index in [0.29, 0.717) is 50.5 Å². The maximum absolute atomic E-state index is 12.8. The van der Waals surface area contributed by atoms with E-state index in [1.54, 1.807) is 6.07 Å². The average Bonchev–Trinajstić information content (AvgIpc) is 3.65. The molecule has 1 fully saturated rings. The van der Waals surface area contributed by atoms with Gasteiger partial charge in [-0.25, -0.2) is 18.9 Å². The minimum atomic E-state index is -5.65. The van der Waals surface area contributed by atoms with Gasteiger partial charge in [-0.05, 0) is 82.6 Å². The zero-order chi connectivity index (χ0) is 45.3. The first-order valence-electron chi connectivity index (χ1n) is 21.0. The number of carbonyl (C=O) groups excluding carboxylic acids is 1. The van der Waals surface area contributed by atoms with Crippen LogP contribution < -0.4 is 51.0 Å². The van der Waals surface area contributed by atoms with Crippen molar-refractivity contribution in [3.05, 3.63) is 68.9 Å². The molecule has 1 saturated heterocycles. The van der Waals surface area contributed by atoms with Gasteiger partial charge < -0.3 is 39.7 Å². The highest BCUT2D eigenvalue weighted by atomic mass is 31.3. The fourth-order valence-electron chi connectivity index (χ4n) is 8.87. The minimum absolute atomic E-state index is 0.0454. The molecule has 5 atom stereocenters. The largest absolute Gasteiger partial charge is 0.603 e. The molecule has 63 heavy (non-hydrogen) atoms. The van der Waals surface area contributed by atoms with Crippen LogP contribution in [0.2, 0.25) is 0 Å². The fraction of sp³-hybridized carbons (Fsp3) is 0.564. The van der Waals surface area contributed by atoms with Crippen LogP contribution in [0.5, 0.6) is 11.5 Å². The number of phosphoric ester groups is 1. The van der Waals surface area contributed by atoms with Crippen molar-refractivity contribution in [2.24, 2.45) is 4.99 Å². The molecule has 3 aromatic rings. The maximum Gasteiger partial charge on any atom is 0.511 e. The number of anilines is 2. The summed E-state index contributed by atoms with van der Waals surface area (Å²) in [5, 5.41) is 8.00. The van der Waals surface area contributed by atoms with E-state index < -0.39 is 48.8 Å². The van der Waals surface area contributed by atoms with E-state index in [-0.39, 0.29) is 17.9 Å². The number of nitrogens with one attached hydrogen (secondary N) is 2. The van der Waals surface area contributed by atoms with E-state index in [1.165, 1.54) is 27.6 Å². The van der Waals surface area contributed by atoms with E-state index in [9.17, 15) is 33.7 Å². The molecule has 4 aliphatic heterocycles. The number of benzene rings is 2. The van der Waals surface area contributed by atoms with E-state index >= 15 is 0 Å². The molecule has 0 bridgehead atoms. The zero-order valence-electron chi connectivity index (χ0n) is 35.5. The summed E-state index contributed by atoms with van der Waals surface area (Å²) in [6.07, 6.45) is 5.07. The van der Waals surface area contributed by atoms with E-state index in [2.05, 4.69) is 90.2 Å². The van der Waals surface area contributed by atoms with Crippen molar-refractivity contribution in [1.29, 1.82) is 0 Å². The third-order valence-electron chi connectivity index (χ3n) is 11.5. The van der Waals surface area contributed by atoms with E-state index in [0.717, 1.165) is 66.8 Å². The highest BCUT2D eigenvalue weighted by Gasteiger charge is 2.50. The molecule has 0 radical (unpaired) electrons. The molecule has 7 rings (SSSR count). The third kappa shape index (κ3) is 11.8. The summed E-state index contributed by atoms with van der Waals surface area (Å²) in [4.78, 5) is 95.7. The van der Waals surface area contributed by atoms with E-state index in [1.807, 2.05) is 0 Å². The lowest BCUT2D eigenvalue weighted by molar-refractivity contribution is -0.256. The van der Waals surface area contributed by atoms with Crippen molar-refractivity contribution in [1.82, 2.24) is 19.4 Å². The number of carbonyl (C=O) groups is 1. The van der Waals surface area contributed by atoms with Gasteiger partial charge in [-0.15, -0.1) is 0 Å². The number of rotatable bonds is 18. The predicted molar refractivity (Wildman–Crippen MR) is 228 cm³/mol. The van der Waals surface area contributed by atoms with Crippen LogP contribution in [0, 0.1) is 0 Å². The Balaban J connectivity index is 0.843. The molecule has 1 amide bonds. The van der Waals surface area contributed by atoms with Crippen LogP contribution >= 0.6 is 24.2 Å². The molecule has 0 saturated carbocycles. The first-order chi connectivity index (χ1) is 29.7. The molecular formula is C39H55N7O14P3+. The SMILES string of the molecule is CCN1c2cc3c(cc2C(C)CC1(C)C)N=c1cc2c(cc1O3)=[N+](CCCC(=O)NCCCNc1ccn([C@H]3CC[C@@H](COP(=O)(O)O[P+]([O-])(O)O[P+]([O-])(O)O)O3)c(=O)n1)CCC2. The maximum atomic E-state index is 12.8. The van der Waals surface area contributed by atoms with Crippen LogP contribution in [0.3, 0.4) is 0 Å². The van der Waals surface area contributed by atoms with Crippen LogP contribution in [-0.4, -0.2) is 86.0 Å². The van der Waals surface area contributed by atoms with Crippen molar-refractivity contribution in [3.8, 4) is 11.5 Å². The third-order valence-corrected chi connectivity index (χ3v) is 15.3. The Morgan fingerprint density at radius 1 is 1.13 bits per heavy atom.